The zero-order chi connectivity index (χ0) is 19.1. The minimum Gasteiger partial charge on any atom is -0.508 e. The van der Waals surface area contributed by atoms with Gasteiger partial charge in [0.2, 0.25) is 5.91 Å². The summed E-state index contributed by atoms with van der Waals surface area (Å²) in [6, 6.07) is 4.81. The van der Waals surface area contributed by atoms with E-state index >= 15 is 0 Å². The molecule has 4 rings (SSSR count). The first-order valence-electron chi connectivity index (χ1n) is 8.62. The fraction of sp³-hybridized carbons (Fsp3) is 0.389. The summed E-state index contributed by atoms with van der Waals surface area (Å²) in [4.78, 5) is 24.7. The fourth-order valence-corrected chi connectivity index (χ4v) is 4.42. The number of piperazine rings is 1. The summed E-state index contributed by atoms with van der Waals surface area (Å²) in [6.07, 6.45) is 2.25. The monoisotopic (exact) mass is 408 g/mol. The Kier molecular flexibility index (Phi) is 4.84. The maximum atomic E-state index is 12.7. The molecule has 1 amide bonds. The second kappa shape index (κ2) is 7.14. The first kappa shape index (κ1) is 18.3. The van der Waals surface area contributed by atoms with Gasteiger partial charge in [-0.2, -0.15) is 0 Å². The molecule has 2 N–H and O–H groups in total. The van der Waals surface area contributed by atoms with Crippen molar-refractivity contribution in [3.63, 3.8) is 0 Å². The summed E-state index contributed by atoms with van der Waals surface area (Å²) in [6.45, 7) is 1.07. The SMILES string of the molecule is O=C1CN(c2ccnc(CO)n2)C[C@@H]2C[C@H](c3c(O)ccc(Cl)c3Cl)CN12. The Morgan fingerprint density at radius 2 is 2.04 bits per heavy atom. The highest BCUT2D eigenvalue weighted by Crippen LogP contribution is 2.43. The molecule has 0 radical (unpaired) electrons. The van der Waals surface area contributed by atoms with Crippen LogP contribution in [0.25, 0.3) is 0 Å². The zero-order valence-electron chi connectivity index (χ0n) is 14.3. The summed E-state index contributed by atoms with van der Waals surface area (Å²) in [5.74, 6) is 0.956. The molecule has 2 atom stereocenters. The topological polar surface area (TPSA) is 89.8 Å². The summed E-state index contributed by atoms with van der Waals surface area (Å²) in [5.41, 5.74) is 0.600. The molecular weight excluding hydrogens is 391 g/mol. The highest BCUT2D eigenvalue weighted by Gasteiger charge is 2.42. The van der Waals surface area contributed by atoms with Crippen LogP contribution in [0, 0.1) is 0 Å². The molecule has 2 aliphatic rings. The largest absolute Gasteiger partial charge is 0.508 e. The Bertz CT molecular complexity index is 895. The van der Waals surface area contributed by atoms with Crippen molar-refractivity contribution in [3.05, 3.63) is 45.8 Å². The van der Waals surface area contributed by atoms with E-state index in [1.807, 2.05) is 9.80 Å². The lowest BCUT2D eigenvalue weighted by molar-refractivity contribution is -0.132. The number of phenolic OH excluding ortho intramolecular Hbond substituents is 1. The van der Waals surface area contributed by atoms with E-state index in [-0.39, 0.29) is 36.8 Å². The van der Waals surface area contributed by atoms with E-state index in [0.717, 1.165) is 0 Å². The average Bonchev–Trinajstić information content (AvgIpc) is 3.09. The van der Waals surface area contributed by atoms with Crippen LogP contribution in [0.15, 0.2) is 24.4 Å². The van der Waals surface area contributed by atoms with Crippen LogP contribution in [0.1, 0.15) is 23.7 Å². The van der Waals surface area contributed by atoms with Crippen LogP contribution in [0.5, 0.6) is 5.75 Å². The Morgan fingerprint density at radius 1 is 1.22 bits per heavy atom. The van der Waals surface area contributed by atoms with E-state index in [1.54, 1.807) is 18.3 Å². The smallest absolute Gasteiger partial charge is 0.242 e. The Morgan fingerprint density at radius 3 is 2.81 bits per heavy atom. The lowest BCUT2D eigenvalue weighted by Crippen LogP contribution is -2.54. The van der Waals surface area contributed by atoms with Crippen molar-refractivity contribution in [2.75, 3.05) is 24.5 Å². The molecule has 0 bridgehead atoms. The van der Waals surface area contributed by atoms with Crippen LogP contribution in [0.4, 0.5) is 5.82 Å². The molecule has 3 heterocycles. The molecule has 7 nitrogen and oxygen atoms in total. The first-order chi connectivity index (χ1) is 13.0. The van der Waals surface area contributed by atoms with E-state index in [0.29, 0.717) is 46.8 Å². The van der Waals surface area contributed by atoms with E-state index in [9.17, 15) is 15.0 Å². The third kappa shape index (κ3) is 3.31. The number of phenols is 1. The average molecular weight is 409 g/mol. The molecule has 1 aromatic carbocycles. The van der Waals surface area contributed by atoms with Crippen molar-refractivity contribution < 1.29 is 15.0 Å². The van der Waals surface area contributed by atoms with Crippen LogP contribution in [0.2, 0.25) is 10.0 Å². The molecule has 0 aliphatic carbocycles. The highest BCUT2D eigenvalue weighted by molar-refractivity contribution is 6.42. The summed E-state index contributed by atoms with van der Waals surface area (Å²) in [7, 11) is 0. The number of nitrogens with zero attached hydrogens (tertiary/aromatic N) is 4. The molecule has 9 heteroatoms. The van der Waals surface area contributed by atoms with Gasteiger partial charge in [-0.1, -0.05) is 23.2 Å². The van der Waals surface area contributed by atoms with E-state index in [4.69, 9.17) is 23.2 Å². The number of fused-ring (bicyclic) bond motifs is 1. The predicted molar refractivity (Wildman–Crippen MR) is 101 cm³/mol. The number of amides is 1. The molecule has 0 saturated carbocycles. The number of anilines is 1. The summed E-state index contributed by atoms with van der Waals surface area (Å²) < 4.78 is 0. The van der Waals surface area contributed by atoms with Crippen molar-refractivity contribution in [2.24, 2.45) is 0 Å². The van der Waals surface area contributed by atoms with Crippen LogP contribution in [-0.2, 0) is 11.4 Å². The molecule has 2 fully saturated rings. The number of aromatic nitrogens is 2. The van der Waals surface area contributed by atoms with Gasteiger partial charge < -0.3 is 20.0 Å². The van der Waals surface area contributed by atoms with Gasteiger partial charge in [-0.15, -0.1) is 0 Å². The van der Waals surface area contributed by atoms with Gasteiger partial charge in [0.1, 0.15) is 18.2 Å². The van der Waals surface area contributed by atoms with Gasteiger partial charge in [-0.3, -0.25) is 4.79 Å². The Labute approximate surface area is 166 Å². The molecule has 2 aliphatic heterocycles. The van der Waals surface area contributed by atoms with E-state index in [2.05, 4.69) is 9.97 Å². The van der Waals surface area contributed by atoms with Gasteiger partial charge >= 0.3 is 0 Å². The quantitative estimate of drug-likeness (QED) is 0.808. The van der Waals surface area contributed by atoms with Crippen molar-refractivity contribution in [3.8, 4) is 5.75 Å². The van der Waals surface area contributed by atoms with Crippen LogP contribution in [0.3, 0.4) is 0 Å². The molecular formula is C18H18Cl2N4O3. The minimum atomic E-state index is -0.250. The molecule has 0 unspecified atom stereocenters. The van der Waals surface area contributed by atoms with E-state index < -0.39 is 0 Å². The van der Waals surface area contributed by atoms with Gasteiger partial charge in [0.15, 0.2) is 5.82 Å². The standard InChI is InChI=1S/C18H18Cl2N4O3/c19-12-1-2-13(26)17(18(12)20)10-5-11-7-23(8-16(27)24(11)6-10)15-3-4-21-14(9-25)22-15/h1-4,10-11,25-26H,5-9H2/t10-,11-/m0/s1. The van der Waals surface area contributed by atoms with Crippen LogP contribution < -0.4 is 4.90 Å². The lowest BCUT2D eigenvalue weighted by Gasteiger charge is -2.37. The van der Waals surface area contributed by atoms with Crippen molar-refractivity contribution in [1.82, 2.24) is 14.9 Å². The number of hydrogen-bond donors (Lipinski definition) is 2. The number of hydrogen-bond acceptors (Lipinski definition) is 6. The molecule has 2 saturated heterocycles. The predicted octanol–water partition coefficient (Wildman–Crippen LogP) is 2.19. The molecule has 142 valence electrons. The third-order valence-corrected chi connectivity index (χ3v) is 5.99. The van der Waals surface area contributed by atoms with Crippen LogP contribution >= 0.6 is 23.2 Å². The maximum Gasteiger partial charge on any atom is 0.242 e. The van der Waals surface area contributed by atoms with E-state index in [1.165, 1.54) is 6.07 Å². The first-order valence-corrected chi connectivity index (χ1v) is 9.37. The zero-order valence-corrected chi connectivity index (χ0v) is 15.9. The number of carbonyl (C=O) groups excluding carboxylic acids is 1. The number of aliphatic hydroxyl groups excluding tert-OH is 1. The number of halogens is 2. The van der Waals surface area contributed by atoms with Crippen molar-refractivity contribution in [1.29, 1.82) is 0 Å². The lowest BCUT2D eigenvalue weighted by atomic mass is 9.95. The Balaban J connectivity index is 1.58. The number of benzene rings is 1. The van der Waals surface area contributed by atoms with Crippen LogP contribution in [-0.4, -0.2) is 56.7 Å². The maximum absolute atomic E-state index is 12.7. The molecule has 0 spiro atoms. The minimum absolute atomic E-state index is 0.00412. The normalized spacial score (nSPS) is 22.3. The van der Waals surface area contributed by atoms with Gasteiger partial charge in [0.25, 0.3) is 0 Å². The van der Waals surface area contributed by atoms with Crippen molar-refractivity contribution >= 4 is 34.9 Å². The fourth-order valence-electron chi connectivity index (χ4n) is 3.94. The Hall–Kier alpha value is -2.09. The third-order valence-electron chi connectivity index (χ3n) is 5.17. The summed E-state index contributed by atoms with van der Waals surface area (Å²) >= 11 is 12.4. The van der Waals surface area contributed by atoms with Gasteiger partial charge in [0.05, 0.1) is 16.6 Å². The number of carbonyl (C=O) groups is 1. The number of aliphatic hydroxyl groups is 1. The second-order valence-corrected chi connectivity index (χ2v) is 7.58. The molecule has 1 aromatic heterocycles. The number of aromatic hydroxyl groups is 1. The second-order valence-electron chi connectivity index (χ2n) is 6.80. The molecule has 2 aromatic rings. The van der Waals surface area contributed by atoms with Crippen molar-refractivity contribution in [2.45, 2.75) is 25.0 Å². The number of rotatable bonds is 3. The summed E-state index contributed by atoms with van der Waals surface area (Å²) in [5, 5.41) is 20.2. The van der Waals surface area contributed by atoms with Gasteiger partial charge in [-0.05, 0) is 24.6 Å². The van der Waals surface area contributed by atoms with Gasteiger partial charge in [-0.25, -0.2) is 9.97 Å². The van der Waals surface area contributed by atoms with Gasteiger partial charge in [0, 0.05) is 36.8 Å². The highest BCUT2D eigenvalue weighted by atomic mass is 35.5. The molecule has 27 heavy (non-hydrogen) atoms.